The Kier molecular flexibility index (Phi) is 5.84. The normalized spacial score (nSPS) is 24.5. The summed E-state index contributed by atoms with van der Waals surface area (Å²) in [6.45, 7) is 5.74. The van der Waals surface area contributed by atoms with Crippen LogP contribution in [0.4, 0.5) is 5.82 Å². The maximum Gasteiger partial charge on any atom is 0.123 e. The van der Waals surface area contributed by atoms with Crippen molar-refractivity contribution in [2.45, 2.75) is 58.4 Å². The Hall–Kier alpha value is -1.09. The lowest BCUT2D eigenvalue weighted by atomic mass is 9.77. The van der Waals surface area contributed by atoms with Crippen LogP contribution in [0.25, 0.3) is 0 Å². The molecule has 1 aliphatic rings. The van der Waals surface area contributed by atoms with E-state index in [4.69, 9.17) is 5.73 Å². The maximum atomic E-state index is 5.80. The molecule has 0 spiro atoms. The predicted octanol–water partition coefficient (Wildman–Crippen LogP) is 3.40. The van der Waals surface area contributed by atoms with Gasteiger partial charge in [0.25, 0.3) is 0 Å². The number of nitrogens with one attached hydrogen (secondary N) is 1. The smallest absolute Gasteiger partial charge is 0.123 e. The van der Waals surface area contributed by atoms with Crippen molar-refractivity contribution in [2.24, 2.45) is 11.8 Å². The van der Waals surface area contributed by atoms with Crippen molar-refractivity contribution in [3.63, 3.8) is 0 Å². The van der Waals surface area contributed by atoms with E-state index in [2.05, 4.69) is 30.2 Å². The maximum absolute atomic E-state index is 5.80. The number of aromatic nitrogens is 1. The second-order valence-corrected chi connectivity index (χ2v) is 6.39. The van der Waals surface area contributed by atoms with Gasteiger partial charge in [-0.2, -0.15) is 0 Å². The highest BCUT2D eigenvalue weighted by Gasteiger charge is 2.26. The molecule has 1 saturated carbocycles. The van der Waals surface area contributed by atoms with Gasteiger partial charge in [0, 0.05) is 12.2 Å². The number of pyridine rings is 1. The van der Waals surface area contributed by atoms with E-state index < -0.39 is 0 Å². The lowest BCUT2D eigenvalue weighted by Crippen LogP contribution is -2.40. The van der Waals surface area contributed by atoms with E-state index in [1.165, 1.54) is 37.7 Å². The molecule has 1 aliphatic carbocycles. The number of anilines is 1. The van der Waals surface area contributed by atoms with Crippen molar-refractivity contribution in [1.82, 2.24) is 10.3 Å². The highest BCUT2D eigenvalue weighted by Crippen LogP contribution is 2.32. The van der Waals surface area contributed by atoms with Gasteiger partial charge in [0.05, 0.1) is 0 Å². The molecule has 1 aromatic heterocycles. The molecule has 3 nitrogen and oxygen atoms in total. The van der Waals surface area contributed by atoms with Crippen molar-refractivity contribution in [2.75, 3.05) is 12.3 Å². The Bertz CT molecular complexity index is 405. The molecule has 3 N–H and O–H groups in total. The molecule has 0 bridgehead atoms. The standard InChI is InChI=1S/C17H29N3/c1-3-8-19-16(15-6-4-5-13(2)10-15)11-14-7-9-20-17(18)12-14/h7,9,12-13,15-16,19H,3-6,8,10-11H2,1-2H3,(H2,18,20). The molecule has 1 fully saturated rings. The van der Waals surface area contributed by atoms with Crippen LogP contribution >= 0.6 is 0 Å². The fourth-order valence-electron chi connectivity index (χ4n) is 3.46. The van der Waals surface area contributed by atoms with Crippen molar-refractivity contribution in [1.29, 1.82) is 0 Å². The van der Waals surface area contributed by atoms with Crippen molar-refractivity contribution < 1.29 is 0 Å². The molecule has 20 heavy (non-hydrogen) atoms. The molecule has 0 amide bonds. The van der Waals surface area contributed by atoms with Crippen LogP contribution in [0.15, 0.2) is 18.3 Å². The van der Waals surface area contributed by atoms with E-state index >= 15 is 0 Å². The number of nitrogens with two attached hydrogens (primary N) is 1. The molecule has 3 atom stereocenters. The summed E-state index contributed by atoms with van der Waals surface area (Å²) in [6, 6.07) is 4.70. The fraction of sp³-hybridized carbons (Fsp3) is 0.706. The van der Waals surface area contributed by atoms with Crippen LogP contribution < -0.4 is 11.1 Å². The Morgan fingerprint density at radius 3 is 3.00 bits per heavy atom. The van der Waals surface area contributed by atoms with Crippen molar-refractivity contribution in [3.8, 4) is 0 Å². The lowest BCUT2D eigenvalue weighted by Gasteiger charge is -2.34. The monoisotopic (exact) mass is 275 g/mol. The Balaban J connectivity index is 2.02. The Morgan fingerprint density at radius 2 is 2.30 bits per heavy atom. The van der Waals surface area contributed by atoms with Gasteiger partial charge in [-0.3, -0.25) is 0 Å². The topological polar surface area (TPSA) is 50.9 Å². The molecule has 2 rings (SSSR count). The summed E-state index contributed by atoms with van der Waals surface area (Å²) in [5.41, 5.74) is 7.11. The average Bonchev–Trinajstić information content (AvgIpc) is 2.43. The zero-order valence-corrected chi connectivity index (χ0v) is 12.9. The molecule has 0 aliphatic heterocycles. The minimum atomic E-state index is 0.583. The van der Waals surface area contributed by atoms with E-state index in [1.807, 2.05) is 12.3 Å². The first kappa shape index (κ1) is 15.3. The van der Waals surface area contributed by atoms with Crippen molar-refractivity contribution in [3.05, 3.63) is 23.9 Å². The number of nitrogens with zero attached hydrogens (tertiary/aromatic N) is 1. The number of hydrogen-bond donors (Lipinski definition) is 2. The first-order valence-electron chi connectivity index (χ1n) is 8.12. The fourth-order valence-corrected chi connectivity index (χ4v) is 3.46. The third-order valence-corrected chi connectivity index (χ3v) is 4.50. The zero-order chi connectivity index (χ0) is 14.4. The zero-order valence-electron chi connectivity index (χ0n) is 12.9. The molecule has 3 heteroatoms. The van der Waals surface area contributed by atoms with Crippen LogP contribution in [0.3, 0.4) is 0 Å². The molecule has 1 aromatic rings. The van der Waals surface area contributed by atoms with Crippen LogP contribution in [-0.2, 0) is 6.42 Å². The molecular formula is C17H29N3. The summed E-state index contributed by atoms with van der Waals surface area (Å²) in [4.78, 5) is 4.09. The second kappa shape index (κ2) is 7.63. The van der Waals surface area contributed by atoms with Gasteiger partial charge in [-0.05, 0) is 61.8 Å². The van der Waals surface area contributed by atoms with Crippen molar-refractivity contribution >= 4 is 5.82 Å². The largest absolute Gasteiger partial charge is 0.384 e. The van der Waals surface area contributed by atoms with Crippen LogP contribution in [0.2, 0.25) is 0 Å². The number of nitrogen functional groups attached to an aromatic ring is 1. The molecule has 3 unspecified atom stereocenters. The molecule has 112 valence electrons. The van der Waals surface area contributed by atoms with Gasteiger partial charge in [0.1, 0.15) is 5.82 Å². The van der Waals surface area contributed by atoms with E-state index in [-0.39, 0.29) is 0 Å². The molecule has 0 radical (unpaired) electrons. The summed E-state index contributed by atoms with van der Waals surface area (Å²) in [5, 5.41) is 3.77. The van der Waals surface area contributed by atoms with Gasteiger partial charge < -0.3 is 11.1 Å². The van der Waals surface area contributed by atoms with E-state index in [0.717, 1.165) is 24.8 Å². The minimum Gasteiger partial charge on any atom is -0.384 e. The van der Waals surface area contributed by atoms with Gasteiger partial charge in [-0.1, -0.05) is 26.7 Å². The van der Waals surface area contributed by atoms with Crippen LogP contribution in [0.1, 0.15) is 51.5 Å². The summed E-state index contributed by atoms with van der Waals surface area (Å²) in [5.74, 6) is 2.32. The summed E-state index contributed by atoms with van der Waals surface area (Å²) >= 11 is 0. The second-order valence-electron chi connectivity index (χ2n) is 6.39. The summed E-state index contributed by atoms with van der Waals surface area (Å²) in [7, 11) is 0. The van der Waals surface area contributed by atoms with Gasteiger partial charge in [0.15, 0.2) is 0 Å². The van der Waals surface area contributed by atoms with Crippen LogP contribution in [0, 0.1) is 11.8 Å². The van der Waals surface area contributed by atoms with Crippen LogP contribution in [0.5, 0.6) is 0 Å². The molecule has 0 aromatic carbocycles. The van der Waals surface area contributed by atoms with E-state index in [1.54, 1.807) is 0 Å². The third kappa shape index (κ3) is 4.48. The first-order valence-corrected chi connectivity index (χ1v) is 8.12. The SMILES string of the molecule is CCCNC(Cc1ccnc(N)c1)C1CCCC(C)C1. The first-order chi connectivity index (χ1) is 9.69. The lowest BCUT2D eigenvalue weighted by molar-refractivity contribution is 0.221. The number of hydrogen-bond acceptors (Lipinski definition) is 3. The molecular weight excluding hydrogens is 246 g/mol. The Morgan fingerprint density at radius 1 is 1.45 bits per heavy atom. The highest BCUT2D eigenvalue weighted by atomic mass is 14.9. The van der Waals surface area contributed by atoms with E-state index in [9.17, 15) is 0 Å². The van der Waals surface area contributed by atoms with Gasteiger partial charge in [0.2, 0.25) is 0 Å². The van der Waals surface area contributed by atoms with Crippen LogP contribution in [-0.4, -0.2) is 17.6 Å². The Labute approximate surface area is 123 Å². The summed E-state index contributed by atoms with van der Waals surface area (Å²) < 4.78 is 0. The van der Waals surface area contributed by atoms with E-state index in [0.29, 0.717) is 11.9 Å². The average molecular weight is 275 g/mol. The van der Waals surface area contributed by atoms with Gasteiger partial charge in [-0.15, -0.1) is 0 Å². The quantitative estimate of drug-likeness (QED) is 0.836. The number of rotatable bonds is 6. The van der Waals surface area contributed by atoms with Gasteiger partial charge >= 0.3 is 0 Å². The third-order valence-electron chi connectivity index (χ3n) is 4.50. The highest BCUT2D eigenvalue weighted by molar-refractivity contribution is 5.32. The van der Waals surface area contributed by atoms with Gasteiger partial charge in [-0.25, -0.2) is 4.98 Å². The summed E-state index contributed by atoms with van der Waals surface area (Å²) in [6.07, 6.45) is 9.61. The molecule has 1 heterocycles. The minimum absolute atomic E-state index is 0.583. The predicted molar refractivity (Wildman–Crippen MR) is 85.6 cm³/mol. The molecule has 0 saturated heterocycles.